The van der Waals surface area contributed by atoms with E-state index < -0.39 is 16.9 Å². The molecule has 0 saturated heterocycles. The molecule has 0 aliphatic heterocycles. The fourth-order valence-corrected chi connectivity index (χ4v) is 3.31. The Balaban J connectivity index is 2.72. The van der Waals surface area contributed by atoms with Crippen LogP contribution in [0.25, 0.3) is 0 Å². The van der Waals surface area contributed by atoms with E-state index in [2.05, 4.69) is 0 Å². The molecule has 0 radical (unpaired) electrons. The number of carbonyl (C=O) groups is 1. The van der Waals surface area contributed by atoms with Gasteiger partial charge in [-0.3, -0.25) is 4.79 Å². The van der Waals surface area contributed by atoms with Crippen molar-refractivity contribution in [3.8, 4) is 11.5 Å². The molecule has 0 amide bonds. The monoisotopic (exact) mass is 292 g/mol. The summed E-state index contributed by atoms with van der Waals surface area (Å²) < 4.78 is 10.9. The average molecular weight is 292 g/mol. The molecular formula is C17H24O4. The number of benzene rings is 1. The predicted octanol–water partition coefficient (Wildman–Crippen LogP) is 2.63. The number of hydrogen-bond donors (Lipinski definition) is 1. The number of aliphatic hydroxyl groups is 1. The molecule has 0 unspecified atom stereocenters. The lowest BCUT2D eigenvalue weighted by atomic mass is 9.63. The maximum Gasteiger partial charge on any atom is 0.142 e. The van der Waals surface area contributed by atoms with Gasteiger partial charge in [-0.1, -0.05) is 20.8 Å². The van der Waals surface area contributed by atoms with Gasteiger partial charge >= 0.3 is 0 Å². The van der Waals surface area contributed by atoms with Gasteiger partial charge in [0.2, 0.25) is 0 Å². The Bertz CT molecular complexity index is 576. The standard InChI is InChI=1S/C17H24O4/c1-10-7-13(21-6)11(8-12(10)20-5)17(4)15(19)9-14(18)16(17,2)3/h7-8,15,19H,9H2,1-6H3/t15-,17+/m1/s1. The SMILES string of the molecule is COc1cc([C@@]2(C)[C@H](O)CC(=O)C2(C)C)c(OC)cc1C. The Morgan fingerprint density at radius 3 is 2.14 bits per heavy atom. The first-order valence-corrected chi connectivity index (χ1v) is 7.14. The molecular weight excluding hydrogens is 268 g/mol. The zero-order chi connectivity index (χ0) is 16.0. The molecule has 1 aliphatic rings. The van der Waals surface area contributed by atoms with Crippen LogP contribution in [0.4, 0.5) is 0 Å². The fourth-order valence-electron chi connectivity index (χ4n) is 3.31. The van der Waals surface area contributed by atoms with E-state index >= 15 is 0 Å². The quantitative estimate of drug-likeness (QED) is 0.930. The van der Waals surface area contributed by atoms with Crippen LogP contribution in [-0.2, 0) is 10.2 Å². The molecule has 1 aromatic carbocycles. The summed E-state index contributed by atoms with van der Waals surface area (Å²) in [7, 11) is 3.21. The van der Waals surface area contributed by atoms with Crippen LogP contribution in [0, 0.1) is 12.3 Å². The highest BCUT2D eigenvalue weighted by Gasteiger charge is 2.58. The first-order valence-electron chi connectivity index (χ1n) is 7.14. The number of methoxy groups -OCH3 is 2. The van der Waals surface area contributed by atoms with E-state index in [1.54, 1.807) is 14.2 Å². The third-order valence-corrected chi connectivity index (χ3v) is 5.32. The first-order chi connectivity index (χ1) is 9.69. The molecule has 21 heavy (non-hydrogen) atoms. The summed E-state index contributed by atoms with van der Waals surface area (Å²) in [6, 6.07) is 3.78. The molecule has 0 spiro atoms. The number of hydrogen-bond acceptors (Lipinski definition) is 4. The molecule has 116 valence electrons. The highest BCUT2D eigenvalue weighted by molar-refractivity contribution is 5.90. The Hall–Kier alpha value is -1.55. The largest absolute Gasteiger partial charge is 0.496 e. The second-order valence-corrected chi connectivity index (χ2v) is 6.49. The van der Waals surface area contributed by atoms with Crippen LogP contribution in [0.1, 0.15) is 38.3 Å². The van der Waals surface area contributed by atoms with Gasteiger partial charge in [-0.25, -0.2) is 0 Å². The summed E-state index contributed by atoms with van der Waals surface area (Å²) in [5.41, 5.74) is 0.394. The molecule has 2 rings (SSSR count). The first kappa shape index (κ1) is 15.8. The van der Waals surface area contributed by atoms with Gasteiger partial charge in [-0.15, -0.1) is 0 Å². The Kier molecular flexibility index (Phi) is 3.79. The molecule has 0 aromatic heterocycles. The second-order valence-electron chi connectivity index (χ2n) is 6.49. The minimum absolute atomic E-state index is 0.0686. The maximum atomic E-state index is 12.3. The van der Waals surface area contributed by atoms with E-state index in [1.807, 2.05) is 39.8 Å². The van der Waals surface area contributed by atoms with Gasteiger partial charge < -0.3 is 14.6 Å². The third kappa shape index (κ3) is 2.04. The van der Waals surface area contributed by atoms with E-state index in [0.29, 0.717) is 5.75 Å². The summed E-state index contributed by atoms with van der Waals surface area (Å²) in [6.45, 7) is 7.64. The number of rotatable bonds is 3. The van der Waals surface area contributed by atoms with Crippen LogP contribution in [0.15, 0.2) is 12.1 Å². The lowest BCUT2D eigenvalue weighted by Crippen LogP contribution is -2.44. The van der Waals surface area contributed by atoms with Crippen LogP contribution < -0.4 is 9.47 Å². The van der Waals surface area contributed by atoms with E-state index in [0.717, 1.165) is 16.9 Å². The van der Waals surface area contributed by atoms with Crippen LogP contribution in [0.5, 0.6) is 11.5 Å². The van der Waals surface area contributed by atoms with E-state index in [1.165, 1.54) is 0 Å². The van der Waals surface area contributed by atoms with Crippen molar-refractivity contribution in [1.29, 1.82) is 0 Å². The lowest BCUT2D eigenvalue weighted by Gasteiger charge is -2.40. The molecule has 1 fully saturated rings. The number of Topliss-reactive ketones (excluding diaryl/α,β-unsaturated/α-hetero) is 1. The topological polar surface area (TPSA) is 55.8 Å². The molecule has 4 nitrogen and oxygen atoms in total. The van der Waals surface area contributed by atoms with Crippen molar-refractivity contribution in [2.75, 3.05) is 14.2 Å². The number of ether oxygens (including phenoxy) is 2. The van der Waals surface area contributed by atoms with Crippen LogP contribution >= 0.6 is 0 Å². The zero-order valence-corrected chi connectivity index (χ0v) is 13.6. The molecule has 0 bridgehead atoms. The molecule has 1 aliphatic carbocycles. The number of aryl methyl sites for hydroxylation is 1. The van der Waals surface area contributed by atoms with Crippen molar-refractivity contribution in [2.45, 2.75) is 45.6 Å². The number of aliphatic hydroxyl groups excluding tert-OH is 1. The van der Waals surface area contributed by atoms with E-state index in [9.17, 15) is 9.90 Å². The van der Waals surface area contributed by atoms with Crippen LogP contribution in [0.3, 0.4) is 0 Å². The predicted molar refractivity (Wildman–Crippen MR) is 81.0 cm³/mol. The van der Waals surface area contributed by atoms with Crippen molar-refractivity contribution < 1.29 is 19.4 Å². The van der Waals surface area contributed by atoms with Gasteiger partial charge in [0.1, 0.15) is 17.3 Å². The molecule has 1 aromatic rings. The van der Waals surface area contributed by atoms with Gasteiger partial charge in [0.05, 0.1) is 20.3 Å². The van der Waals surface area contributed by atoms with Gasteiger partial charge in [-0.2, -0.15) is 0 Å². The normalized spacial score (nSPS) is 27.8. The number of ketones is 1. The minimum Gasteiger partial charge on any atom is -0.496 e. The smallest absolute Gasteiger partial charge is 0.142 e. The average Bonchev–Trinajstić information content (AvgIpc) is 2.59. The molecule has 1 saturated carbocycles. The van der Waals surface area contributed by atoms with Gasteiger partial charge in [-0.05, 0) is 24.6 Å². The van der Waals surface area contributed by atoms with Crippen LogP contribution in [0.2, 0.25) is 0 Å². The highest BCUT2D eigenvalue weighted by Crippen LogP contribution is 2.54. The van der Waals surface area contributed by atoms with Crippen molar-refractivity contribution in [3.05, 3.63) is 23.3 Å². The van der Waals surface area contributed by atoms with Gasteiger partial charge in [0.15, 0.2) is 0 Å². The summed E-state index contributed by atoms with van der Waals surface area (Å²) in [5.74, 6) is 1.48. The summed E-state index contributed by atoms with van der Waals surface area (Å²) in [4.78, 5) is 12.3. The Labute approximate surface area is 126 Å². The number of carbonyl (C=O) groups excluding carboxylic acids is 1. The Morgan fingerprint density at radius 1 is 1.14 bits per heavy atom. The maximum absolute atomic E-state index is 12.3. The summed E-state index contributed by atoms with van der Waals surface area (Å²) >= 11 is 0. The second kappa shape index (κ2) is 5.02. The molecule has 4 heteroatoms. The lowest BCUT2D eigenvalue weighted by molar-refractivity contribution is -0.125. The highest BCUT2D eigenvalue weighted by atomic mass is 16.5. The Morgan fingerprint density at radius 2 is 1.71 bits per heavy atom. The zero-order valence-electron chi connectivity index (χ0n) is 13.6. The molecule has 0 heterocycles. The fraction of sp³-hybridized carbons (Fsp3) is 0.588. The van der Waals surface area contributed by atoms with Crippen molar-refractivity contribution in [1.82, 2.24) is 0 Å². The van der Waals surface area contributed by atoms with Gasteiger partial charge in [0.25, 0.3) is 0 Å². The minimum atomic E-state index is -0.735. The van der Waals surface area contributed by atoms with Crippen molar-refractivity contribution in [2.24, 2.45) is 5.41 Å². The molecule has 2 atom stereocenters. The van der Waals surface area contributed by atoms with Gasteiger partial charge in [0, 0.05) is 22.8 Å². The third-order valence-electron chi connectivity index (χ3n) is 5.32. The van der Waals surface area contributed by atoms with E-state index in [-0.39, 0.29) is 12.2 Å². The van der Waals surface area contributed by atoms with Crippen molar-refractivity contribution >= 4 is 5.78 Å². The van der Waals surface area contributed by atoms with Crippen molar-refractivity contribution in [3.63, 3.8) is 0 Å². The summed E-state index contributed by atoms with van der Waals surface area (Å²) in [6.07, 6.45) is -0.565. The summed E-state index contributed by atoms with van der Waals surface area (Å²) in [5, 5.41) is 10.5. The van der Waals surface area contributed by atoms with E-state index in [4.69, 9.17) is 9.47 Å². The molecule has 1 N–H and O–H groups in total. The van der Waals surface area contributed by atoms with Crippen LogP contribution in [-0.4, -0.2) is 31.2 Å².